The summed E-state index contributed by atoms with van der Waals surface area (Å²) in [6.07, 6.45) is 0.875. The number of amides is 2. The maximum atomic E-state index is 11.5. The van der Waals surface area contributed by atoms with E-state index in [4.69, 9.17) is 4.74 Å². The number of carbonyl (C=O) groups excluding carboxylic acids is 2. The van der Waals surface area contributed by atoms with E-state index in [0.29, 0.717) is 6.54 Å². The summed E-state index contributed by atoms with van der Waals surface area (Å²) < 4.78 is 9.77. The number of nitrogens with one attached hydrogen (secondary N) is 2. The molecule has 0 saturated carbocycles. The van der Waals surface area contributed by atoms with Gasteiger partial charge in [0.05, 0.1) is 20.3 Å². The van der Waals surface area contributed by atoms with Gasteiger partial charge < -0.3 is 20.1 Å². The molecule has 7 heteroatoms. The molecule has 0 aromatic heterocycles. The van der Waals surface area contributed by atoms with Crippen molar-refractivity contribution in [1.82, 2.24) is 15.5 Å². The fourth-order valence-electron chi connectivity index (χ4n) is 1.81. The third-order valence-electron chi connectivity index (χ3n) is 2.94. The van der Waals surface area contributed by atoms with Crippen molar-refractivity contribution in [2.75, 3.05) is 46.5 Å². The van der Waals surface area contributed by atoms with E-state index in [1.54, 1.807) is 6.92 Å². The summed E-state index contributed by atoms with van der Waals surface area (Å²) in [6, 6.07) is -0.982. The van der Waals surface area contributed by atoms with Crippen molar-refractivity contribution in [3.05, 3.63) is 0 Å². The van der Waals surface area contributed by atoms with Crippen molar-refractivity contribution in [2.45, 2.75) is 19.4 Å². The molecule has 0 radical (unpaired) electrons. The highest BCUT2D eigenvalue weighted by Gasteiger charge is 2.15. The predicted molar refractivity (Wildman–Crippen MR) is 69.9 cm³/mol. The first-order chi connectivity index (χ1) is 9.13. The molecule has 0 spiro atoms. The number of methoxy groups -OCH3 is 1. The molecule has 1 saturated heterocycles. The molecule has 1 aliphatic rings. The molecule has 2 amide bonds. The first-order valence-electron chi connectivity index (χ1n) is 6.55. The van der Waals surface area contributed by atoms with Gasteiger partial charge in [-0.2, -0.15) is 0 Å². The average Bonchev–Trinajstić information content (AvgIpc) is 2.43. The minimum Gasteiger partial charge on any atom is -0.467 e. The largest absolute Gasteiger partial charge is 0.467 e. The second-order valence-corrected chi connectivity index (χ2v) is 4.45. The molecule has 110 valence electrons. The normalized spacial score (nSPS) is 17.6. The Morgan fingerprint density at radius 1 is 1.37 bits per heavy atom. The van der Waals surface area contributed by atoms with E-state index in [0.717, 1.165) is 39.3 Å². The average molecular weight is 273 g/mol. The number of ether oxygens (including phenoxy) is 2. The van der Waals surface area contributed by atoms with Gasteiger partial charge in [-0.15, -0.1) is 0 Å². The highest BCUT2D eigenvalue weighted by atomic mass is 16.5. The second kappa shape index (κ2) is 8.71. The van der Waals surface area contributed by atoms with Gasteiger partial charge in [-0.25, -0.2) is 9.59 Å². The molecule has 1 rings (SSSR count). The molecular formula is C12H23N3O4. The molecule has 1 atom stereocenters. The summed E-state index contributed by atoms with van der Waals surface area (Å²) in [5.74, 6) is -0.455. The number of hydrogen-bond acceptors (Lipinski definition) is 5. The van der Waals surface area contributed by atoms with E-state index in [9.17, 15) is 9.59 Å². The van der Waals surface area contributed by atoms with E-state index >= 15 is 0 Å². The van der Waals surface area contributed by atoms with Crippen molar-refractivity contribution in [2.24, 2.45) is 0 Å². The van der Waals surface area contributed by atoms with Crippen molar-refractivity contribution in [3.63, 3.8) is 0 Å². The van der Waals surface area contributed by atoms with Gasteiger partial charge in [-0.1, -0.05) is 0 Å². The number of nitrogens with zero attached hydrogens (tertiary/aromatic N) is 1. The third kappa shape index (κ3) is 6.40. The van der Waals surface area contributed by atoms with Gasteiger partial charge in [0.2, 0.25) is 0 Å². The van der Waals surface area contributed by atoms with Crippen LogP contribution in [0.4, 0.5) is 4.79 Å². The SMILES string of the molecule is COC(=O)[C@H](C)NC(=O)NCCCN1CCOCC1. The minimum atomic E-state index is -0.635. The summed E-state index contributed by atoms with van der Waals surface area (Å²) in [7, 11) is 1.29. The fraction of sp³-hybridized carbons (Fsp3) is 0.833. The molecule has 1 aliphatic heterocycles. The number of morpholine rings is 1. The van der Waals surface area contributed by atoms with Gasteiger partial charge in [0.25, 0.3) is 0 Å². The van der Waals surface area contributed by atoms with E-state index in [1.165, 1.54) is 7.11 Å². The van der Waals surface area contributed by atoms with Crippen LogP contribution in [0.5, 0.6) is 0 Å². The number of carbonyl (C=O) groups is 2. The smallest absolute Gasteiger partial charge is 0.328 e. The molecule has 0 aromatic rings. The van der Waals surface area contributed by atoms with Gasteiger partial charge in [0.1, 0.15) is 6.04 Å². The Labute approximate surface area is 113 Å². The Morgan fingerprint density at radius 2 is 2.05 bits per heavy atom. The van der Waals surface area contributed by atoms with Crippen molar-refractivity contribution >= 4 is 12.0 Å². The van der Waals surface area contributed by atoms with Crippen LogP contribution in [0.2, 0.25) is 0 Å². The molecule has 0 bridgehead atoms. The summed E-state index contributed by atoms with van der Waals surface area (Å²) in [5, 5.41) is 5.23. The molecule has 0 unspecified atom stereocenters. The highest BCUT2D eigenvalue weighted by molar-refractivity contribution is 5.83. The van der Waals surface area contributed by atoms with Crippen LogP contribution in [-0.2, 0) is 14.3 Å². The van der Waals surface area contributed by atoms with E-state index in [-0.39, 0.29) is 6.03 Å². The lowest BCUT2D eigenvalue weighted by molar-refractivity contribution is -0.142. The maximum Gasteiger partial charge on any atom is 0.328 e. The van der Waals surface area contributed by atoms with Crippen LogP contribution in [0, 0.1) is 0 Å². The zero-order valence-electron chi connectivity index (χ0n) is 11.6. The van der Waals surface area contributed by atoms with Crippen molar-refractivity contribution in [3.8, 4) is 0 Å². The Kier molecular flexibility index (Phi) is 7.20. The van der Waals surface area contributed by atoms with Gasteiger partial charge in [-0.05, 0) is 19.9 Å². The zero-order valence-corrected chi connectivity index (χ0v) is 11.6. The van der Waals surface area contributed by atoms with Gasteiger partial charge in [-0.3, -0.25) is 4.90 Å². The third-order valence-corrected chi connectivity index (χ3v) is 2.94. The Hall–Kier alpha value is -1.34. The summed E-state index contributed by atoms with van der Waals surface area (Å²) in [4.78, 5) is 24.9. The Bertz CT molecular complexity index is 293. The van der Waals surface area contributed by atoms with Crippen molar-refractivity contribution < 1.29 is 19.1 Å². The monoisotopic (exact) mass is 273 g/mol. The van der Waals surface area contributed by atoms with E-state index in [2.05, 4.69) is 20.3 Å². The Balaban J connectivity index is 2.05. The second-order valence-electron chi connectivity index (χ2n) is 4.45. The topological polar surface area (TPSA) is 79.9 Å². The van der Waals surface area contributed by atoms with Crippen LogP contribution in [0.25, 0.3) is 0 Å². The fourth-order valence-corrected chi connectivity index (χ4v) is 1.81. The number of rotatable bonds is 6. The van der Waals surface area contributed by atoms with Gasteiger partial charge >= 0.3 is 12.0 Å². The quantitative estimate of drug-likeness (QED) is 0.507. The van der Waals surface area contributed by atoms with Crippen LogP contribution in [-0.4, -0.2) is 69.4 Å². The first kappa shape index (κ1) is 15.7. The van der Waals surface area contributed by atoms with E-state index < -0.39 is 12.0 Å². The highest BCUT2D eigenvalue weighted by Crippen LogP contribution is 1.97. The molecule has 2 N–H and O–H groups in total. The van der Waals surface area contributed by atoms with Gasteiger partial charge in [0.15, 0.2) is 0 Å². The maximum absolute atomic E-state index is 11.5. The summed E-state index contributed by atoms with van der Waals surface area (Å²) >= 11 is 0. The standard InChI is InChI=1S/C12H23N3O4/c1-10(11(16)18-2)14-12(17)13-4-3-5-15-6-8-19-9-7-15/h10H,3-9H2,1-2H3,(H2,13,14,17)/t10-/m0/s1. The number of esters is 1. The van der Waals surface area contributed by atoms with Crippen LogP contribution < -0.4 is 10.6 Å². The molecule has 1 fully saturated rings. The lowest BCUT2D eigenvalue weighted by Gasteiger charge is -2.26. The number of urea groups is 1. The van der Waals surface area contributed by atoms with Crippen LogP contribution in [0.15, 0.2) is 0 Å². The molecule has 1 heterocycles. The molecular weight excluding hydrogens is 250 g/mol. The lowest BCUT2D eigenvalue weighted by Crippen LogP contribution is -2.45. The first-order valence-corrected chi connectivity index (χ1v) is 6.55. The van der Waals surface area contributed by atoms with Crippen LogP contribution in [0.3, 0.4) is 0 Å². The van der Waals surface area contributed by atoms with Crippen molar-refractivity contribution in [1.29, 1.82) is 0 Å². The zero-order chi connectivity index (χ0) is 14.1. The molecule has 7 nitrogen and oxygen atoms in total. The van der Waals surface area contributed by atoms with Gasteiger partial charge in [0, 0.05) is 19.6 Å². The predicted octanol–water partition coefficient (Wildman–Crippen LogP) is -0.431. The lowest BCUT2D eigenvalue weighted by atomic mass is 10.3. The molecule has 19 heavy (non-hydrogen) atoms. The molecule has 0 aliphatic carbocycles. The Morgan fingerprint density at radius 3 is 2.68 bits per heavy atom. The van der Waals surface area contributed by atoms with Crippen LogP contribution in [0.1, 0.15) is 13.3 Å². The summed E-state index contributed by atoms with van der Waals surface area (Å²) in [6.45, 7) is 6.57. The minimum absolute atomic E-state index is 0.347. The number of hydrogen-bond donors (Lipinski definition) is 2. The molecule has 0 aromatic carbocycles. The van der Waals surface area contributed by atoms with Crippen LogP contribution >= 0.6 is 0 Å². The van der Waals surface area contributed by atoms with E-state index in [1.807, 2.05) is 0 Å². The summed E-state index contributed by atoms with van der Waals surface area (Å²) in [5.41, 5.74) is 0.